The van der Waals surface area contributed by atoms with Crippen molar-refractivity contribution in [3.63, 3.8) is 0 Å². The fourth-order valence-corrected chi connectivity index (χ4v) is 3.82. The van der Waals surface area contributed by atoms with Gasteiger partial charge >= 0.3 is 11.9 Å². The predicted octanol–water partition coefficient (Wildman–Crippen LogP) is 5.67. The summed E-state index contributed by atoms with van der Waals surface area (Å²) in [5.74, 6) is -0.493. The van der Waals surface area contributed by atoms with E-state index in [4.69, 9.17) is 9.47 Å². The minimum absolute atomic E-state index is 0.00948. The molecule has 0 spiro atoms. The molecule has 0 aromatic heterocycles. The molecule has 26 heavy (non-hydrogen) atoms. The number of rotatable bonds is 6. The Bertz CT molecular complexity index is 489. The predicted molar refractivity (Wildman–Crippen MR) is 105 cm³/mol. The minimum atomic E-state index is -0.607. The second-order valence-corrected chi connectivity index (χ2v) is 10.7. The van der Waals surface area contributed by atoms with Crippen molar-refractivity contribution in [3.05, 3.63) is 0 Å². The Balaban J connectivity index is 2.58. The first-order valence-electron chi connectivity index (χ1n) is 10.1. The largest absolute Gasteiger partial charge is 0.465 e. The van der Waals surface area contributed by atoms with Gasteiger partial charge in [0.15, 0.2) is 0 Å². The van der Waals surface area contributed by atoms with Gasteiger partial charge in [0.25, 0.3) is 0 Å². The molecular weight excluding hydrogens is 328 g/mol. The van der Waals surface area contributed by atoms with Crippen LogP contribution in [0.3, 0.4) is 0 Å². The van der Waals surface area contributed by atoms with Crippen molar-refractivity contribution in [2.75, 3.05) is 6.61 Å². The Morgan fingerprint density at radius 3 is 1.92 bits per heavy atom. The van der Waals surface area contributed by atoms with Gasteiger partial charge < -0.3 is 9.47 Å². The number of hydrogen-bond donors (Lipinski definition) is 0. The van der Waals surface area contributed by atoms with Gasteiger partial charge in [-0.2, -0.15) is 0 Å². The fourth-order valence-electron chi connectivity index (χ4n) is 3.82. The van der Waals surface area contributed by atoms with Gasteiger partial charge in [-0.05, 0) is 56.8 Å². The van der Waals surface area contributed by atoms with E-state index in [1.54, 1.807) is 0 Å². The van der Waals surface area contributed by atoms with Gasteiger partial charge in [0.2, 0.25) is 0 Å². The van der Waals surface area contributed by atoms with E-state index >= 15 is 0 Å². The molecule has 1 aliphatic rings. The average molecular weight is 369 g/mol. The number of ether oxygens (including phenoxy) is 2. The van der Waals surface area contributed by atoms with Crippen molar-refractivity contribution >= 4 is 11.9 Å². The highest BCUT2D eigenvalue weighted by molar-refractivity contribution is 5.78. The van der Waals surface area contributed by atoms with Gasteiger partial charge in [-0.15, -0.1) is 0 Å². The zero-order valence-corrected chi connectivity index (χ0v) is 18.3. The van der Waals surface area contributed by atoms with E-state index in [9.17, 15) is 9.59 Å². The standard InChI is InChI=1S/C22H40O4/c1-19(2,3)16-22(8,20(4,5)6)18(24)25-15-12-17(23)26-21(7)13-10-9-11-14-21/h9-16H2,1-8H3. The summed E-state index contributed by atoms with van der Waals surface area (Å²) in [7, 11) is 0. The summed E-state index contributed by atoms with van der Waals surface area (Å²) in [6, 6.07) is 0. The lowest BCUT2D eigenvalue weighted by Gasteiger charge is -2.43. The molecule has 1 unspecified atom stereocenters. The molecule has 0 N–H and O–H groups in total. The van der Waals surface area contributed by atoms with Gasteiger partial charge in [-0.1, -0.05) is 48.0 Å². The van der Waals surface area contributed by atoms with E-state index in [-0.39, 0.29) is 41.4 Å². The van der Waals surface area contributed by atoms with E-state index in [1.165, 1.54) is 6.42 Å². The summed E-state index contributed by atoms with van der Waals surface area (Å²) in [5.41, 5.74) is -1.17. The number of carbonyl (C=O) groups is 2. The molecule has 1 saturated carbocycles. The summed E-state index contributed by atoms with van der Waals surface area (Å²) >= 11 is 0. The molecule has 0 heterocycles. The van der Waals surface area contributed by atoms with Crippen molar-refractivity contribution in [3.8, 4) is 0 Å². The van der Waals surface area contributed by atoms with Gasteiger partial charge in [-0.3, -0.25) is 9.59 Å². The van der Waals surface area contributed by atoms with E-state index in [2.05, 4.69) is 41.5 Å². The Kier molecular flexibility index (Phi) is 7.34. The van der Waals surface area contributed by atoms with Crippen molar-refractivity contribution in [1.82, 2.24) is 0 Å². The first kappa shape index (κ1) is 23.0. The van der Waals surface area contributed by atoms with Crippen LogP contribution in [0.2, 0.25) is 0 Å². The maximum atomic E-state index is 12.8. The lowest BCUT2D eigenvalue weighted by molar-refractivity contribution is -0.169. The molecule has 0 radical (unpaired) electrons. The van der Waals surface area contributed by atoms with Crippen molar-refractivity contribution in [2.24, 2.45) is 16.2 Å². The minimum Gasteiger partial charge on any atom is -0.465 e. The summed E-state index contributed by atoms with van der Waals surface area (Å²) in [4.78, 5) is 25.0. The van der Waals surface area contributed by atoms with Gasteiger partial charge in [0.05, 0.1) is 11.8 Å². The maximum Gasteiger partial charge on any atom is 0.312 e. The first-order valence-corrected chi connectivity index (χ1v) is 10.1. The number of carbonyl (C=O) groups excluding carboxylic acids is 2. The average Bonchev–Trinajstić information content (AvgIpc) is 2.44. The maximum absolute atomic E-state index is 12.8. The third kappa shape index (κ3) is 6.59. The lowest BCUT2D eigenvalue weighted by Crippen LogP contribution is -2.44. The highest BCUT2D eigenvalue weighted by Gasteiger charge is 2.47. The van der Waals surface area contributed by atoms with E-state index in [0.29, 0.717) is 0 Å². The number of esters is 2. The SMILES string of the molecule is CC(C)(C)CC(C)(C(=O)OCCC(=O)OC1(C)CCCCC1)C(C)(C)C. The van der Waals surface area contributed by atoms with Crippen molar-refractivity contribution in [1.29, 1.82) is 0 Å². The molecule has 152 valence electrons. The molecule has 4 heteroatoms. The molecule has 0 amide bonds. The molecule has 0 aromatic rings. The fraction of sp³-hybridized carbons (Fsp3) is 0.909. The van der Waals surface area contributed by atoms with E-state index in [0.717, 1.165) is 32.1 Å². The van der Waals surface area contributed by atoms with Gasteiger partial charge in [0, 0.05) is 0 Å². The van der Waals surface area contributed by atoms with Crippen LogP contribution < -0.4 is 0 Å². The summed E-state index contributed by atoms with van der Waals surface area (Å²) in [6.45, 7) is 16.7. The van der Waals surface area contributed by atoms with Crippen LogP contribution in [-0.2, 0) is 19.1 Å². The molecule has 1 atom stereocenters. The third-order valence-electron chi connectivity index (χ3n) is 5.80. The van der Waals surface area contributed by atoms with E-state index in [1.807, 2.05) is 13.8 Å². The highest BCUT2D eigenvalue weighted by atomic mass is 16.6. The van der Waals surface area contributed by atoms with Crippen LogP contribution in [0.4, 0.5) is 0 Å². The molecule has 0 aliphatic heterocycles. The van der Waals surface area contributed by atoms with Crippen LogP contribution in [-0.4, -0.2) is 24.1 Å². The van der Waals surface area contributed by atoms with Crippen LogP contribution in [0.1, 0.15) is 100 Å². The molecule has 4 nitrogen and oxygen atoms in total. The molecular formula is C22H40O4. The number of hydrogen-bond acceptors (Lipinski definition) is 4. The third-order valence-corrected chi connectivity index (χ3v) is 5.80. The quantitative estimate of drug-likeness (QED) is 0.566. The molecule has 0 saturated heterocycles. The van der Waals surface area contributed by atoms with Gasteiger partial charge in [-0.25, -0.2) is 0 Å². The smallest absolute Gasteiger partial charge is 0.312 e. The Morgan fingerprint density at radius 2 is 1.46 bits per heavy atom. The first-order chi connectivity index (χ1) is 11.7. The molecule has 0 bridgehead atoms. The zero-order chi connectivity index (χ0) is 20.2. The Hall–Kier alpha value is -1.06. The second kappa shape index (κ2) is 8.31. The van der Waals surface area contributed by atoms with Crippen LogP contribution >= 0.6 is 0 Å². The topological polar surface area (TPSA) is 52.6 Å². The van der Waals surface area contributed by atoms with Crippen LogP contribution in [0, 0.1) is 16.2 Å². The van der Waals surface area contributed by atoms with Crippen LogP contribution in [0.25, 0.3) is 0 Å². The second-order valence-electron chi connectivity index (χ2n) is 10.7. The zero-order valence-electron chi connectivity index (χ0n) is 18.3. The van der Waals surface area contributed by atoms with Gasteiger partial charge in [0.1, 0.15) is 12.2 Å². The van der Waals surface area contributed by atoms with Crippen molar-refractivity contribution < 1.29 is 19.1 Å². The summed E-state index contributed by atoms with van der Waals surface area (Å²) in [6.07, 6.45) is 6.12. The molecule has 1 fully saturated rings. The monoisotopic (exact) mass is 368 g/mol. The van der Waals surface area contributed by atoms with E-state index < -0.39 is 5.41 Å². The summed E-state index contributed by atoms with van der Waals surface area (Å²) in [5, 5.41) is 0. The molecule has 1 rings (SSSR count). The van der Waals surface area contributed by atoms with Crippen LogP contribution in [0.5, 0.6) is 0 Å². The highest BCUT2D eigenvalue weighted by Crippen LogP contribution is 2.47. The molecule has 0 aromatic carbocycles. The van der Waals surface area contributed by atoms with Crippen LogP contribution in [0.15, 0.2) is 0 Å². The summed E-state index contributed by atoms with van der Waals surface area (Å²) < 4.78 is 11.2. The molecule has 1 aliphatic carbocycles. The lowest BCUT2D eigenvalue weighted by atomic mass is 9.61. The Morgan fingerprint density at radius 1 is 0.923 bits per heavy atom. The van der Waals surface area contributed by atoms with Crippen molar-refractivity contribution in [2.45, 2.75) is 106 Å². The normalized spacial score (nSPS) is 20.2. The Labute approximate surface area is 160 Å².